The van der Waals surface area contributed by atoms with Crippen LogP contribution in [0.1, 0.15) is 13.8 Å². The first-order valence-corrected chi connectivity index (χ1v) is 2.28. The lowest BCUT2D eigenvalue weighted by molar-refractivity contribution is -0.379. The molecule has 0 heterocycles. The molecule has 0 saturated carbocycles. The third-order valence-electron chi connectivity index (χ3n) is 0.445. The summed E-state index contributed by atoms with van der Waals surface area (Å²) >= 11 is 0. The van der Waals surface area contributed by atoms with Crippen LogP contribution in [0.4, 0.5) is 0 Å². The van der Waals surface area contributed by atoms with Crippen molar-refractivity contribution in [2.45, 2.75) is 13.8 Å². The molecule has 8 heavy (non-hydrogen) atoms. The second kappa shape index (κ2) is 3.03. The Morgan fingerprint density at radius 2 is 2.12 bits per heavy atom. The summed E-state index contributed by atoms with van der Waals surface area (Å²) in [5.74, 6) is 2.48. The van der Waals surface area contributed by atoms with E-state index < -0.39 is 4.92 Å². The van der Waals surface area contributed by atoms with E-state index in [0.29, 0.717) is 0 Å². The number of hydrogen-bond donors (Lipinski definition) is 0. The molecule has 0 aliphatic heterocycles. The maximum atomic E-state index is 9.54. The van der Waals surface area contributed by atoms with Crippen molar-refractivity contribution >= 4 is 0 Å². The van der Waals surface area contributed by atoms with Crippen molar-refractivity contribution in [3.05, 3.63) is 10.1 Å². The van der Waals surface area contributed by atoms with Crippen molar-refractivity contribution in [2.75, 3.05) is 0 Å². The van der Waals surface area contributed by atoms with E-state index in [4.69, 9.17) is 0 Å². The van der Waals surface area contributed by atoms with E-state index in [1.165, 1.54) is 0 Å². The van der Waals surface area contributed by atoms with E-state index in [-0.39, 0.29) is 5.92 Å². The number of rotatable bonds is 0. The van der Waals surface area contributed by atoms with Gasteiger partial charge < -0.3 is 0 Å². The molecule has 0 unspecified atom stereocenters. The smallest absolute Gasteiger partial charge is 0.249 e. The van der Waals surface area contributed by atoms with E-state index >= 15 is 0 Å². The fourth-order valence-corrected chi connectivity index (χ4v) is 0.182. The molecule has 0 saturated heterocycles. The lowest BCUT2D eigenvalue weighted by Gasteiger charge is -1.80. The third-order valence-corrected chi connectivity index (χ3v) is 0.445. The van der Waals surface area contributed by atoms with Gasteiger partial charge >= 0.3 is 0 Å². The van der Waals surface area contributed by atoms with Gasteiger partial charge in [0.05, 0.1) is 0 Å². The Morgan fingerprint density at radius 3 is 2.25 bits per heavy atom. The van der Waals surface area contributed by atoms with Gasteiger partial charge in [-0.2, -0.15) is 0 Å². The fourth-order valence-electron chi connectivity index (χ4n) is 0.182. The average molecular weight is 113 g/mol. The quantitative estimate of drug-likeness (QED) is 0.202. The molecule has 0 bridgehead atoms. The Kier molecular flexibility index (Phi) is 2.63. The Morgan fingerprint density at radius 1 is 1.62 bits per heavy atom. The van der Waals surface area contributed by atoms with Crippen LogP contribution in [0.2, 0.25) is 0 Å². The van der Waals surface area contributed by atoms with E-state index in [9.17, 15) is 10.1 Å². The lowest BCUT2D eigenvalue weighted by Crippen LogP contribution is -1.86. The summed E-state index contributed by atoms with van der Waals surface area (Å²) in [6, 6.07) is 1.82. The van der Waals surface area contributed by atoms with E-state index in [1.54, 1.807) is 13.8 Å². The Balaban J connectivity index is 3.68. The molecule has 0 aliphatic rings. The molecule has 3 nitrogen and oxygen atoms in total. The van der Waals surface area contributed by atoms with Crippen LogP contribution in [-0.2, 0) is 0 Å². The molecule has 0 aromatic heterocycles. The summed E-state index contributed by atoms with van der Waals surface area (Å²) in [5.41, 5.74) is 0. The van der Waals surface area contributed by atoms with Crippen molar-refractivity contribution in [3.8, 4) is 12.0 Å². The highest BCUT2D eigenvalue weighted by Gasteiger charge is 1.85. The van der Waals surface area contributed by atoms with Gasteiger partial charge in [0, 0.05) is 5.92 Å². The summed E-state index contributed by atoms with van der Waals surface area (Å²) in [5, 5.41) is 9.54. The Hall–Kier alpha value is -1.04. The molecule has 44 valence electrons. The highest BCUT2D eigenvalue weighted by atomic mass is 16.6. The zero-order valence-electron chi connectivity index (χ0n) is 4.84. The second-order valence-corrected chi connectivity index (χ2v) is 1.67. The molecule has 0 spiro atoms. The van der Waals surface area contributed by atoms with Gasteiger partial charge in [-0.25, -0.2) is 10.1 Å². The molecule has 3 heteroatoms. The van der Waals surface area contributed by atoms with Crippen LogP contribution in [0.3, 0.4) is 0 Å². The normalized spacial score (nSPS) is 7.88. The highest BCUT2D eigenvalue weighted by Crippen LogP contribution is 1.84. The molecule has 0 amide bonds. The first-order chi connectivity index (χ1) is 3.63. The standard InChI is InChI=1S/C5H7NO2/c1-5(2)3-4-6(7)8/h5H,1-2H3. The minimum Gasteiger partial charge on any atom is -0.249 e. The van der Waals surface area contributed by atoms with E-state index in [2.05, 4.69) is 5.92 Å². The van der Waals surface area contributed by atoms with Crippen molar-refractivity contribution < 1.29 is 4.92 Å². The van der Waals surface area contributed by atoms with Gasteiger partial charge in [0.1, 0.15) is 4.92 Å². The van der Waals surface area contributed by atoms with E-state index in [0.717, 1.165) is 0 Å². The number of nitrogens with zero attached hydrogens (tertiary/aromatic N) is 1. The van der Waals surface area contributed by atoms with Gasteiger partial charge in [0.25, 0.3) is 6.04 Å². The first kappa shape index (κ1) is 6.96. The predicted octanol–water partition coefficient (Wildman–Crippen LogP) is 0.880. The molecule has 0 N–H and O–H groups in total. The second-order valence-electron chi connectivity index (χ2n) is 1.67. The molecule has 0 atom stereocenters. The Bertz CT molecular complexity index is 140. The van der Waals surface area contributed by atoms with Gasteiger partial charge in [-0.15, -0.1) is 0 Å². The lowest BCUT2D eigenvalue weighted by atomic mass is 10.2. The summed E-state index contributed by atoms with van der Waals surface area (Å²) in [6.45, 7) is 3.60. The van der Waals surface area contributed by atoms with Crippen molar-refractivity contribution in [1.29, 1.82) is 0 Å². The molecule has 0 fully saturated rings. The van der Waals surface area contributed by atoms with Gasteiger partial charge in [-0.1, -0.05) is 13.8 Å². The predicted molar refractivity (Wildman–Crippen MR) is 29.6 cm³/mol. The summed E-state index contributed by atoms with van der Waals surface area (Å²) in [4.78, 5) is 8.90. The van der Waals surface area contributed by atoms with Gasteiger partial charge in [-0.05, 0) is 5.92 Å². The maximum Gasteiger partial charge on any atom is 0.290 e. The number of hydrogen-bond acceptors (Lipinski definition) is 2. The molecule has 0 rings (SSSR count). The Labute approximate surface area is 47.9 Å². The molecule has 0 aliphatic carbocycles. The van der Waals surface area contributed by atoms with Crippen LogP contribution in [0.5, 0.6) is 0 Å². The molecule has 0 aromatic rings. The highest BCUT2D eigenvalue weighted by molar-refractivity contribution is 4.93. The number of nitro groups is 1. The summed E-state index contributed by atoms with van der Waals surface area (Å²) in [7, 11) is 0. The topological polar surface area (TPSA) is 43.1 Å². The van der Waals surface area contributed by atoms with Crippen LogP contribution in [0.25, 0.3) is 0 Å². The zero-order valence-corrected chi connectivity index (χ0v) is 4.84. The van der Waals surface area contributed by atoms with Crippen molar-refractivity contribution in [3.63, 3.8) is 0 Å². The minimum absolute atomic E-state index is 0.0837. The van der Waals surface area contributed by atoms with Crippen LogP contribution in [-0.4, -0.2) is 4.92 Å². The van der Waals surface area contributed by atoms with Crippen LogP contribution in [0, 0.1) is 28.0 Å². The summed E-state index contributed by atoms with van der Waals surface area (Å²) < 4.78 is 0. The van der Waals surface area contributed by atoms with Crippen molar-refractivity contribution in [1.82, 2.24) is 0 Å². The van der Waals surface area contributed by atoms with Gasteiger partial charge in [0.15, 0.2) is 0 Å². The minimum atomic E-state index is -0.639. The monoisotopic (exact) mass is 113 g/mol. The first-order valence-electron chi connectivity index (χ1n) is 2.28. The fraction of sp³-hybridized carbons (Fsp3) is 0.600. The SMILES string of the molecule is CC(C)C#C[N+](=O)[O-]. The van der Waals surface area contributed by atoms with Crippen LogP contribution < -0.4 is 0 Å². The maximum absolute atomic E-state index is 9.54. The largest absolute Gasteiger partial charge is 0.290 e. The zero-order chi connectivity index (χ0) is 6.57. The third kappa shape index (κ3) is 4.96. The van der Waals surface area contributed by atoms with Crippen molar-refractivity contribution in [2.24, 2.45) is 5.92 Å². The van der Waals surface area contributed by atoms with Gasteiger partial charge in [0.2, 0.25) is 0 Å². The van der Waals surface area contributed by atoms with Gasteiger partial charge in [-0.3, -0.25) is 0 Å². The summed E-state index contributed by atoms with van der Waals surface area (Å²) in [6.07, 6.45) is 0. The average Bonchev–Trinajstić information content (AvgIpc) is 1.61. The molecular weight excluding hydrogens is 106 g/mol. The van der Waals surface area contributed by atoms with E-state index in [1.807, 2.05) is 6.04 Å². The van der Waals surface area contributed by atoms with Crippen LogP contribution >= 0.6 is 0 Å². The molecule has 0 aromatic carbocycles. The van der Waals surface area contributed by atoms with Crippen LogP contribution in [0.15, 0.2) is 0 Å². The molecule has 0 radical (unpaired) electrons. The molecular formula is C5H7NO2.